The molecule has 7 heteroatoms. The van der Waals surface area contributed by atoms with Gasteiger partial charge in [-0.15, -0.1) is 0 Å². The number of hydrogen-bond donors (Lipinski definition) is 3. The third kappa shape index (κ3) is 6.65. The van der Waals surface area contributed by atoms with Crippen molar-refractivity contribution < 1.29 is 14.3 Å². The molecule has 6 nitrogen and oxygen atoms in total. The monoisotopic (exact) mass is 433 g/mol. The third-order valence-electron chi connectivity index (χ3n) is 4.38. The van der Waals surface area contributed by atoms with Crippen LogP contribution in [0.25, 0.3) is 0 Å². The molecule has 158 valence electrons. The number of nitrogens with one attached hydrogen (secondary N) is 3. The largest absolute Gasteiger partial charge is 0.449 e. The molecule has 0 spiro atoms. The van der Waals surface area contributed by atoms with Gasteiger partial charge in [-0.25, -0.2) is 4.79 Å². The lowest BCUT2D eigenvalue weighted by molar-refractivity contribution is -0.123. The lowest BCUT2D eigenvalue weighted by Crippen LogP contribution is -2.30. The normalized spacial score (nSPS) is 11.2. The quantitative estimate of drug-likeness (QED) is 0.376. The Morgan fingerprint density at radius 3 is 1.90 bits per heavy atom. The zero-order valence-corrected chi connectivity index (χ0v) is 18.0. The Kier molecular flexibility index (Phi) is 7.35. The van der Waals surface area contributed by atoms with Gasteiger partial charge in [-0.05, 0) is 74.6 Å². The lowest BCUT2D eigenvalue weighted by atomic mass is 10.2. The van der Waals surface area contributed by atoms with Crippen molar-refractivity contribution in [1.29, 1.82) is 0 Å². The number of ether oxygens (including phenoxy) is 1. The number of para-hydroxylation sites is 1. The molecule has 0 aliphatic carbocycles. The van der Waals surface area contributed by atoms with E-state index in [-0.39, 0.29) is 0 Å². The van der Waals surface area contributed by atoms with Crippen molar-refractivity contribution in [2.45, 2.75) is 20.0 Å². The summed E-state index contributed by atoms with van der Waals surface area (Å²) in [5, 5.41) is 9.29. The summed E-state index contributed by atoms with van der Waals surface area (Å²) in [5.74, 6) is -0.976. The van der Waals surface area contributed by atoms with E-state index < -0.39 is 18.0 Å². The van der Waals surface area contributed by atoms with Crippen LogP contribution in [0.15, 0.2) is 78.9 Å². The van der Waals surface area contributed by atoms with Gasteiger partial charge in [0.15, 0.2) is 11.2 Å². The summed E-state index contributed by atoms with van der Waals surface area (Å²) in [6.07, 6.45) is -0.936. The van der Waals surface area contributed by atoms with Gasteiger partial charge in [-0.2, -0.15) is 0 Å². The van der Waals surface area contributed by atoms with E-state index in [2.05, 4.69) is 16.0 Å². The van der Waals surface area contributed by atoms with Crippen molar-refractivity contribution in [3.05, 3.63) is 90.0 Å². The molecule has 0 aliphatic heterocycles. The number of hydrogen-bond acceptors (Lipinski definition) is 4. The Balaban J connectivity index is 1.51. The molecule has 0 aromatic heterocycles. The van der Waals surface area contributed by atoms with Gasteiger partial charge in [0.05, 0.1) is 5.56 Å². The summed E-state index contributed by atoms with van der Waals surface area (Å²) in [4.78, 5) is 24.6. The molecular formula is C24H23N3O3S. The van der Waals surface area contributed by atoms with Crippen molar-refractivity contribution in [3.8, 4) is 0 Å². The molecule has 1 amide bonds. The maximum Gasteiger partial charge on any atom is 0.338 e. The van der Waals surface area contributed by atoms with Crippen molar-refractivity contribution in [1.82, 2.24) is 0 Å². The minimum atomic E-state index is -0.936. The fourth-order valence-corrected chi connectivity index (χ4v) is 2.90. The molecule has 0 heterocycles. The highest BCUT2D eigenvalue weighted by Crippen LogP contribution is 2.14. The van der Waals surface area contributed by atoms with E-state index in [9.17, 15) is 9.59 Å². The second-order valence-corrected chi connectivity index (χ2v) is 7.33. The summed E-state index contributed by atoms with van der Waals surface area (Å²) in [7, 11) is 0. The van der Waals surface area contributed by atoms with Gasteiger partial charge in [-0.1, -0.05) is 35.9 Å². The van der Waals surface area contributed by atoms with E-state index in [1.165, 1.54) is 6.92 Å². The Bertz CT molecular complexity index is 1050. The highest BCUT2D eigenvalue weighted by atomic mass is 32.1. The fourth-order valence-electron chi connectivity index (χ4n) is 2.67. The van der Waals surface area contributed by atoms with Crippen LogP contribution in [0, 0.1) is 6.92 Å². The van der Waals surface area contributed by atoms with E-state index in [1.807, 2.05) is 49.4 Å². The predicted octanol–water partition coefficient (Wildman–Crippen LogP) is 4.99. The number of benzene rings is 3. The number of anilines is 3. The first-order valence-corrected chi connectivity index (χ1v) is 10.1. The number of amides is 1. The molecule has 31 heavy (non-hydrogen) atoms. The van der Waals surface area contributed by atoms with Crippen molar-refractivity contribution >= 4 is 46.3 Å². The number of esters is 1. The molecule has 3 aromatic carbocycles. The van der Waals surface area contributed by atoms with Gasteiger partial charge in [0.2, 0.25) is 0 Å². The first-order valence-electron chi connectivity index (χ1n) is 9.72. The molecule has 0 saturated carbocycles. The van der Waals surface area contributed by atoms with Gasteiger partial charge < -0.3 is 20.7 Å². The minimum Gasteiger partial charge on any atom is -0.449 e. The van der Waals surface area contributed by atoms with E-state index in [4.69, 9.17) is 17.0 Å². The van der Waals surface area contributed by atoms with Crippen LogP contribution in [0.2, 0.25) is 0 Å². The molecule has 3 rings (SSSR count). The maximum atomic E-state index is 12.4. The summed E-state index contributed by atoms with van der Waals surface area (Å²) in [6.45, 7) is 3.50. The summed E-state index contributed by atoms with van der Waals surface area (Å²) in [5.41, 5.74) is 3.66. The molecule has 3 N–H and O–H groups in total. The van der Waals surface area contributed by atoms with Gasteiger partial charge >= 0.3 is 5.97 Å². The van der Waals surface area contributed by atoms with Gasteiger partial charge in [0.1, 0.15) is 0 Å². The van der Waals surface area contributed by atoms with Crippen LogP contribution in [0.4, 0.5) is 17.1 Å². The van der Waals surface area contributed by atoms with Crippen LogP contribution < -0.4 is 16.0 Å². The van der Waals surface area contributed by atoms with Crippen molar-refractivity contribution in [3.63, 3.8) is 0 Å². The summed E-state index contributed by atoms with van der Waals surface area (Å²) < 4.78 is 5.28. The van der Waals surface area contributed by atoms with E-state index in [1.54, 1.807) is 36.4 Å². The average molecular weight is 434 g/mol. The van der Waals surface area contributed by atoms with E-state index in [0.717, 1.165) is 16.9 Å². The zero-order chi connectivity index (χ0) is 22.2. The SMILES string of the molecule is Cc1ccc(NC(=O)C(C)OC(=O)c2ccc(NC(=S)Nc3ccccc3)cc2)cc1. The van der Waals surface area contributed by atoms with Crippen LogP contribution in [-0.2, 0) is 9.53 Å². The first kappa shape index (κ1) is 22.0. The maximum absolute atomic E-state index is 12.4. The molecule has 3 aromatic rings. The number of thiocarbonyl (C=S) groups is 1. The van der Waals surface area contributed by atoms with Crippen molar-refractivity contribution in [2.75, 3.05) is 16.0 Å². The summed E-state index contributed by atoms with van der Waals surface area (Å²) in [6, 6.07) is 23.6. The Hall–Kier alpha value is -3.71. The molecule has 0 fully saturated rings. The Morgan fingerprint density at radius 1 is 0.774 bits per heavy atom. The van der Waals surface area contributed by atoms with E-state index in [0.29, 0.717) is 16.4 Å². The van der Waals surface area contributed by atoms with Crippen LogP contribution in [-0.4, -0.2) is 23.1 Å². The zero-order valence-electron chi connectivity index (χ0n) is 17.2. The molecule has 1 atom stereocenters. The predicted molar refractivity (Wildman–Crippen MR) is 127 cm³/mol. The van der Waals surface area contributed by atoms with Gasteiger partial charge in [0.25, 0.3) is 5.91 Å². The Morgan fingerprint density at radius 2 is 1.29 bits per heavy atom. The average Bonchev–Trinajstić information content (AvgIpc) is 2.76. The highest BCUT2D eigenvalue weighted by molar-refractivity contribution is 7.80. The molecule has 0 aliphatic rings. The number of carbonyl (C=O) groups excluding carboxylic acids is 2. The highest BCUT2D eigenvalue weighted by Gasteiger charge is 2.19. The first-order chi connectivity index (χ1) is 14.9. The van der Waals surface area contributed by atoms with Crippen LogP contribution in [0.5, 0.6) is 0 Å². The van der Waals surface area contributed by atoms with Crippen LogP contribution in [0.1, 0.15) is 22.8 Å². The standard InChI is InChI=1S/C24H23N3O3S/c1-16-8-12-20(13-9-16)25-22(28)17(2)30-23(29)18-10-14-21(15-11-18)27-24(31)26-19-6-4-3-5-7-19/h3-15,17H,1-2H3,(H,25,28)(H2,26,27,31). The minimum absolute atomic E-state index is 0.336. The van der Waals surface area contributed by atoms with Crippen LogP contribution in [0.3, 0.4) is 0 Å². The summed E-state index contributed by atoms with van der Waals surface area (Å²) >= 11 is 5.29. The van der Waals surface area contributed by atoms with Gasteiger partial charge in [-0.3, -0.25) is 4.79 Å². The number of carbonyl (C=O) groups is 2. The molecule has 1 unspecified atom stereocenters. The van der Waals surface area contributed by atoms with Crippen LogP contribution >= 0.6 is 12.2 Å². The van der Waals surface area contributed by atoms with Crippen molar-refractivity contribution in [2.24, 2.45) is 0 Å². The molecule has 0 bridgehead atoms. The third-order valence-corrected chi connectivity index (χ3v) is 4.59. The topological polar surface area (TPSA) is 79.5 Å². The van der Waals surface area contributed by atoms with Gasteiger partial charge in [0, 0.05) is 17.1 Å². The fraction of sp³-hybridized carbons (Fsp3) is 0.125. The molecular weight excluding hydrogens is 410 g/mol. The lowest BCUT2D eigenvalue weighted by Gasteiger charge is -2.14. The molecule has 0 radical (unpaired) electrons. The Labute approximate surface area is 186 Å². The number of aryl methyl sites for hydroxylation is 1. The smallest absolute Gasteiger partial charge is 0.338 e. The second-order valence-electron chi connectivity index (χ2n) is 6.93. The molecule has 0 saturated heterocycles. The number of rotatable bonds is 6. The van der Waals surface area contributed by atoms with E-state index >= 15 is 0 Å². The second kappa shape index (κ2) is 10.4.